The SMILES string of the molecule is CCC(NC(=O)C(N)c1cccs1)c1cccs1. The number of hydrogen-bond donors (Lipinski definition) is 2. The summed E-state index contributed by atoms with van der Waals surface area (Å²) in [5.41, 5.74) is 5.94. The Kier molecular flexibility index (Phi) is 4.52. The molecule has 5 heteroatoms. The molecule has 2 heterocycles. The fourth-order valence-electron chi connectivity index (χ4n) is 1.72. The maximum atomic E-state index is 12.1. The molecule has 0 aromatic carbocycles. The van der Waals surface area contributed by atoms with Crippen LogP contribution >= 0.6 is 22.7 Å². The van der Waals surface area contributed by atoms with Gasteiger partial charge in [-0.15, -0.1) is 22.7 Å². The largest absolute Gasteiger partial charge is 0.347 e. The second kappa shape index (κ2) is 6.13. The molecule has 0 aliphatic rings. The number of nitrogens with two attached hydrogens (primary N) is 1. The van der Waals surface area contributed by atoms with Crippen LogP contribution < -0.4 is 11.1 Å². The lowest BCUT2D eigenvalue weighted by Crippen LogP contribution is -2.35. The molecular weight excluding hydrogens is 264 g/mol. The van der Waals surface area contributed by atoms with E-state index in [1.54, 1.807) is 11.3 Å². The van der Waals surface area contributed by atoms with Crippen molar-refractivity contribution in [2.75, 3.05) is 0 Å². The highest BCUT2D eigenvalue weighted by Crippen LogP contribution is 2.23. The van der Waals surface area contributed by atoms with Gasteiger partial charge in [0.2, 0.25) is 5.91 Å². The van der Waals surface area contributed by atoms with Crippen molar-refractivity contribution in [2.45, 2.75) is 25.4 Å². The van der Waals surface area contributed by atoms with E-state index < -0.39 is 6.04 Å². The van der Waals surface area contributed by atoms with Crippen LogP contribution in [0.15, 0.2) is 35.0 Å². The Bertz CT molecular complexity index is 479. The third-order valence-corrected chi connectivity index (χ3v) is 4.68. The van der Waals surface area contributed by atoms with Crippen molar-refractivity contribution in [3.63, 3.8) is 0 Å². The van der Waals surface area contributed by atoms with E-state index in [9.17, 15) is 4.79 Å². The number of carbonyl (C=O) groups is 1. The van der Waals surface area contributed by atoms with Crippen LogP contribution in [0.5, 0.6) is 0 Å². The molecule has 2 rings (SSSR count). The lowest BCUT2D eigenvalue weighted by atomic mass is 10.1. The Hall–Kier alpha value is -1.17. The summed E-state index contributed by atoms with van der Waals surface area (Å²) < 4.78 is 0. The molecule has 0 saturated heterocycles. The van der Waals surface area contributed by atoms with Crippen molar-refractivity contribution in [1.82, 2.24) is 5.32 Å². The number of rotatable bonds is 5. The highest BCUT2D eigenvalue weighted by Gasteiger charge is 2.20. The fraction of sp³-hybridized carbons (Fsp3) is 0.308. The zero-order valence-electron chi connectivity index (χ0n) is 10.1. The number of amides is 1. The van der Waals surface area contributed by atoms with Crippen molar-refractivity contribution in [2.24, 2.45) is 5.73 Å². The molecular formula is C13H16N2OS2. The van der Waals surface area contributed by atoms with Crippen LogP contribution in [0.1, 0.15) is 35.2 Å². The van der Waals surface area contributed by atoms with Crippen molar-refractivity contribution >= 4 is 28.6 Å². The van der Waals surface area contributed by atoms with Crippen LogP contribution in [0, 0.1) is 0 Å². The predicted octanol–water partition coefficient (Wildman–Crippen LogP) is 3.08. The fourth-order valence-corrected chi connectivity index (χ4v) is 3.31. The first kappa shape index (κ1) is 13.3. The van der Waals surface area contributed by atoms with Gasteiger partial charge in [-0.2, -0.15) is 0 Å². The molecule has 0 fully saturated rings. The van der Waals surface area contributed by atoms with Gasteiger partial charge in [0.15, 0.2) is 0 Å². The maximum absolute atomic E-state index is 12.1. The van der Waals surface area contributed by atoms with E-state index >= 15 is 0 Å². The Labute approximate surface area is 115 Å². The first-order valence-electron chi connectivity index (χ1n) is 5.85. The van der Waals surface area contributed by atoms with Crippen LogP contribution in [-0.4, -0.2) is 5.91 Å². The molecule has 2 atom stereocenters. The normalized spacial score (nSPS) is 14.1. The van der Waals surface area contributed by atoms with Gasteiger partial charge in [-0.1, -0.05) is 19.1 Å². The van der Waals surface area contributed by atoms with Gasteiger partial charge in [-0.25, -0.2) is 0 Å². The molecule has 18 heavy (non-hydrogen) atoms. The monoisotopic (exact) mass is 280 g/mol. The van der Waals surface area contributed by atoms with E-state index in [1.165, 1.54) is 16.2 Å². The van der Waals surface area contributed by atoms with Crippen molar-refractivity contribution in [3.05, 3.63) is 44.8 Å². The highest BCUT2D eigenvalue weighted by molar-refractivity contribution is 7.10. The van der Waals surface area contributed by atoms with Crippen LogP contribution in [0.3, 0.4) is 0 Å². The topological polar surface area (TPSA) is 55.1 Å². The van der Waals surface area contributed by atoms with Gasteiger partial charge in [0.25, 0.3) is 0 Å². The van der Waals surface area contributed by atoms with Gasteiger partial charge in [-0.3, -0.25) is 4.79 Å². The molecule has 0 radical (unpaired) electrons. The first-order valence-corrected chi connectivity index (χ1v) is 7.61. The van der Waals surface area contributed by atoms with Crippen molar-refractivity contribution in [3.8, 4) is 0 Å². The number of thiophene rings is 2. The Morgan fingerprint density at radius 2 is 1.89 bits per heavy atom. The van der Waals surface area contributed by atoms with E-state index in [-0.39, 0.29) is 11.9 Å². The van der Waals surface area contributed by atoms with E-state index in [0.717, 1.165) is 11.3 Å². The number of hydrogen-bond acceptors (Lipinski definition) is 4. The maximum Gasteiger partial charge on any atom is 0.242 e. The van der Waals surface area contributed by atoms with Crippen molar-refractivity contribution in [1.29, 1.82) is 0 Å². The van der Waals surface area contributed by atoms with E-state index in [4.69, 9.17) is 5.73 Å². The van der Waals surface area contributed by atoms with Gasteiger partial charge in [0.1, 0.15) is 6.04 Å². The van der Waals surface area contributed by atoms with E-state index in [2.05, 4.69) is 12.2 Å². The zero-order valence-corrected chi connectivity index (χ0v) is 11.8. The summed E-state index contributed by atoms with van der Waals surface area (Å²) in [6.07, 6.45) is 0.864. The standard InChI is InChI=1S/C13H16N2OS2/c1-2-9(10-5-3-7-17-10)15-13(16)12(14)11-6-4-8-18-11/h3-9,12H,2,14H2,1H3,(H,15,16). The van der Waals surface area contributed by atoms with Crippen LogP contribution in [0.25, 0.3) is 0 Å². The summed E-state index contributed by atoms with van der Waals surface area (Å²) in [4.78, 5) is 14.1. The lowest BCUT2D eigenvalue weighted by molar-refractivity contribution is -0.123. The van der Waals surface area contributed by atoms with Crippen LogP contribution in [0.4, 0.5) is 0 Å². The average molecular weight is 280 g/mol. The molecule has 96 valence electrons. The smallest absolute Gasteiger partial charge is 0.242 e. The molecule has 0 aliphatic heterocycles. The Morgan fingerprint density at radius 3 is 2.39 bits per heavy atom. The van der Waals surface area contributed by atoms with E-state index in [1.807, 2.05) is 35.0 Å². The summed E-state index contributed by atoms with van der Waals surface area (Å²) >= 11 is 3.16. The van der Waals surface area contributed by atoms with Crippen molar-refractivity contribution < 1.29 is 4.79 Å². The van der Waals surface area contributed by atoms with Gasteiger partial charge in [-0.05, 0) is 29.3 Å². The summed E-state index contributed by atoms with van der Waals surface area (Å²) in [7, 11) is 0. The van der Waals surface area contributed by atoms with Gasteiger partial charge in [0, 0.05) is 9.75 Å². The molecule has 0 bridgehead atoms. The minimum absolute atomic E-state index is 0.0588. The van der Waals surface area contributed by atoms with Crippen LogP contribution in [-0.2, 0) is 4.79 Å². The third-order valence-electron chi connectivity index (χ3n) is 2.74. The molecule has 2 aromatic heterocycles. The Balaban J connectivity index is 2.02. The zero-order chi connectivity index (χ0) is 13.0. The van der Waals surface area contributed by atoms with Gasteiger partial charge in [0.05, 0.1) is 6.04 Å². The van der Waals surface area contributed by atoms with Gasteiger partial charge >= 0.3 is 0 Å². The minimum Gasteiger partial charge on any atom is -0.347 e. The number of nitrogens with one attached hydrogen (secondary N) is 1. The molecule has 2 unspecified atom stereocenters. The Morgan fingerprint density at radius 1 is 1.28 bits per heavy atom. The molecule has 0 aliphatic carbocycles. The minimum atomic E-state index is -0.570. The first-order chi connectivity index (χ1) is 8.72. The average Bonchev–Trinajstić information content (AvgIpc) is 3.06. The highest BCUT2D eigenvalue weighted by atomic mass is 32.1. The summed E-state index contributed by atoms with van der Waals surface area (Å²) in [5, 5.41) is 6.96. The molecule has 1 amide bonds. The summed E-state index contributed by atoms with van der Waals surface area (Å²) in [5.74, 6) is -0.113. The predicted molar refractivity (Wildman–Crippen MR) is 76.7 cm³/mol. The molecule has 0 spiro atoms. The molecule has 2 aromatic rings. The quantitative estimate of drug-likeness (QED) is 0.884. The molecule has 0 saturated carbocycles. The second-order valence-electron chi connectivity index (χ2n) is 3.98. The second-order valence-corrected chi connectivity index (χ2v) is 5.94. The lowest BCUT2D eigenvalue weighted by Gasteiger charge is -2.18. The summed E-state index contributed by atoms with van der Waals surface area (Å²) in [6.45, 7) is 2.06. The number of carbonyl (C=O) groups excluding carboxylic acids is 1. The molecule has 3 nitrogen and oxygen atoms in total. The third kappa shape index (κ3) is 2.98. The molecule has 3 N–H and O–H groups in total. The van der Waals surface area contributed by atoms with Gasteiger partial charge < -0.3 is 11.1 Å². The van der Waals surface area contributed by atoms with E-state index in [0.29, 0.717) is 0 Å². The van der Waals surface area contributed by atoms with Crippen LogP contribution in [0.2, 0.25) is 0 Å². The summed E-state index contributed by atoms with van der Waals surface area (Å²) in [6, 6.07) is 7.32.